The number of nitrogens with zero attached hydrogens (tertiary/aromatic N) is 1. The summed E-state index contributed by atoms with van der Waals surface area (Å²) in [7, 11) is 0. The van der Waals surface area contributed by atoms with E-state index in [0.717, 1.165) is 78.7 Å². The number of anilines is 3. The molecule has 0 bridgehead atoms. The van der Waals surface area contributed by atoms with Gasteiger partial charge in [-0.15, -0.1) is 0 Å². The minimum absolute atomic E-state index is 0.0604. The highest BCUT2D eigenvalue weighted by Gasteiger charge is 2.41. The molecule has 0 N–H and O–H groups in total. The van der Waals surface area contributed by atoms with E-state index in [-0.39, 0.29) is 6.71 Å². The highest BCUT2D eigenvalue weighted by atomic mass is 16.5. The van der Waals surface area contributed by atoms with E-state index in [9.17, 15) is 0 Å². The average molecular weight is 690 g/mol. The van der Waals surface area contributed by atoms with Crippen LogP contribution in [-0.4, -0.2) is 6.71 Å². The van der Waals surface area contributed by atoms with Crippen LogP contribution in [0.5, 0.6) is 23.0 Å². The van der Waals surface area contributed by atoms with Crippen LogP contribution < -0.4 is 30.8 Å². The lowest BCUT2D eigenvalue weighted by Gasteiger charge is -2.35. The fourth-order valence-corrected chi connectivity index (χ4v) is 8.31. The van der Waals surface area contributed by atoms with Crippen molar-refractivity contribution in [1.82, 2.24) is 0 Å². The summed E-state index contributed by atoms with van der Waals surface area (Å²) in [6.07, 6.45) is 0. The Balaban J connectivity index is 1.09. The zero-order valence-electron chi connectivity index (χ0n) is 29.3. The van der Waals surface area contributed by atoms with Gasteiger partial charge in [-0.05, 0) is 103 Å². The minimum Gasteiger partial charge on any atom is -0.458 e. The fourth-order valence-electron chi connectivity index (χ4n) is 8.31. The third-order valence-electron chi connectivity index (χ3n) is 10.9. The lowest BCUT2D eigenvalue weighted by molar-refractivity contribution is 0.465. The summed E-state index contributed by atoms with van der Waals surface area (Å²) in [6, 6.07) is 69.0. The maximum absolute atomic E-state index is 6.98. The van der Waals surface area contributed by atoms with Gasteiger partial charge in [-0.1, -0.05) is 133 Å². The monoisotopic (exact) mass is 689 g/mol. The summed E-state index contributed by atoms with van der Waals surface area (Å²) < 4.78 is 14.0. The Morgan fingerprint density at radius 2 is 0.722 bits per heavy atom. The third kappa shape index (κ3) is 5.07. The van der Waals surface area contributed by atoms with Gasteiger partial charge in [0, 0.05) is 29.0 Å². The molecule has 0 aliphatic carbocycles. The van der Waals surface area contributed by atoms with E-state index in [4.69, 9.17) is 9.47 Å². The van der Waals surface area contributed by atoms with Crippen LogP contribution in [0, 0.1) is 0 Å². The van der Waals surface area contributed by atoms with Crippen LogP contribution in [0.15, 0.2) is 194 Å². The quantitative estimate of drug-likeness (QED) is 0.168. The molecule has 0 amide bonds. The summed E-state index contributed by atoms with van der Waals surface area (Å²) in [6.45, 7) is -0.0604. The van der Waals surface area contributed by atoms with Crippen molar-refractivity contribution in [3.8, 4) is 45.3 Å². The van der Waals surface area contributed by atoms with E-state index in [2.05, 4.69) is 187 Å². The van der Waals surface area contributed by atoms with Crippen molar-refractivity contribution in [1.29, 1.82) is 0 Å². The molecule has 54 heavy (non-hydrogen) atoms. The molecule has 9 aromatic rings. The van der Waals surface area contributed by atoms with Gasteiger partial charge in [-0.2, -0.15) is 0 Å². The first-order valence-corrected chi connectivity index (χ1v) is 18.4. The zero-order chi connectivity index (χ0) is 35.6. The Morgan fingerprint density at radius 1 is 0.315 bits per heavy atom. The number of ether oxygens (including phenoxy) is 2. The van der Waals surface area contributed by atoms with Gasteiger partial charge in [-0.25, -0.2) is 0 Å². The van der Waals surface area contributed by atoms with Crippen molar-refractivity contribution in [2.75, 3.05) is 4.90 Å². The number of rotatable bonds is 5. The Kier molecular flexibility index (Phi) is 6.96. The highest BCUT2D eigenvalue weighted by Crippen LogP contribution is 2.43. The molecule has 9 aromatic carbocycles. The second kappa shape index (κ2) is 12.3. The van der Waals surface area contributed by atoms with Crippen LogP contribution in [0.1, 0.15) is 0 Å². The molecule has 2 heterocycles. The first-order chi connectivity index (χ1) is 26.7. The standard InChI is InChI=1S/C50H32BNO2/c1-3-15-41(16-4-1)52(42-17-5-2-6-18-42)43-31-48-50-49(32-43)54-47-30-40(38-22-20-34-12-8-10-14-36(34)28-38)24-26-45(47)51(50)44-25-23-39(29-46(44)53-48)37-21-19-33-11-7-9-13-35(33)27-37/h1-32H. The molecule has 11 rings (SSSR count). The molecule has 4 heteroatoms. The van der Waals surface area contributed by atoms with Crippen LogP contribution in [0.2, 0.25) is 0 Å². The minimum atomic E-state index is -0.0604. The second-order valence-electron chi connectivity index (χ2n) is 14.1. The van der Waals surface area contributed by atoms with Crippen molar-refractivity contribution in [2.45, 2.75) is 0 Å². The van der Waals surface area contributed by atoms with E-state index in [1.807, 2.05) is 12.1 Å². The van der Waals surface area contributed by atoms with Gasteiger partial charge < -0.3 is 14.4 Å². The van der Waals surface area contributed by atoms with Crippen LogP contribution >= 0.6 is 0 Å². The number of fused-ring (bicyclic) bond motifs is 6. The topological polar surface area (TPSA) is 21.7 Å². The molecule has 0 unspecified atom stereocenters. The number of benzene rings is 9. The zero-order valence-corrected chi connectivity index (χ0v) is 29.3. The van der Waals surface area contributed by atoms with Crippen LogP contribution in [-0.2, 0) is 0 Å². The maximum Gasteiger partial charge on any atom is 0.260 e. The van der Waals surface area contributed by atoms with Gasteiger partial charge in [0.1, 0.15) is 23.0 Å². The van der Waals surface area contributed by atoms with Gasteiger partial charge in [-0.3, -0.25) is 0 Å². The first kappa shape index (κ1) is 30.6. The molecule has 3 nitrogen and oxygen atoms in total. The molecule has 2 aliphatic rings. The third-order valence-corrected chi connectivity index (χ3v) is 10.9. The van der Waals surface area contributed by atoms with Gasteiger partial charge in [0.25, 0.3) is 6.71 Å². The van der Waals surface area contributed by atoms with E-state index in [1.165, 1.54) is 21.5 Å². The number of hydrogen-bond acceptors (Lipinski definition) is 3. The predicted octanol–water partition coefficient (Wildman–Crippen LogP) is 11.5. The van der Waals surface area contributed by atoms with Gasteiger partial charge in [0.2, 0.25) is 0 Å². The smallest absolute Gasteiger partial charge is 0.260 e. The Labute approximate surface area is 314 Å². The summed E-state index contributed by atoms with van der Waals surface area (Å²) in [5.41, 5.74) is 10.9. The largest absolute Gasteiger partial charge is 0.458 e. The molecule has 0 spiro atoms. The first-order valence-electron chi connectivity index (χ1n) is 18.4. The summed E-state index contributed by atoms with van der Waals surface area (Å²) >= 11 is 0. The molecule has 0 fully saturated rings. The number of para-hydroxylation sites is 2. The fraction of sp³-hybridized carbons (Fsp3) is 0. The Morgan fingerprint density at radius 3 is 1.20 bits per heavy atom. The summed E-state index contributed by atoms with van der Waals surface area (Å²) in [5, 5.41) is 4.90. The van der Waals surface area contributed by atoms with E-state index >= 15 is 0 Å². The number of hydrogen-bond donors (Lipinski definition) is 0. The molecular weight excluding hydrogens is 657 g/mol. The van der Waals surface area contributed by atoms with Crippen molar-refractivity contribution in [3.05, 3.63) is 194 Å². The van der Waals surface area contributed by atoms with Crippen molar-refractivity contribution in [3.63, 3.8) is 0 Å². The predicted molar refractivity (Wildman–Crippen MR) is 225 cm³/mol. The van der Waals surface area contributed by atoms with Gasteiger partial charge in [0.15, 0.2) is 0 Å². The molecular formula is C50H32BNO2. The van der Waals surface area contributed by atoms with Crippen molar-refractivity contribution in [2.24, 2.45) is 0 Å². The van der Waals surface area contributed by atoms with Crippen molar-refractivity contribution < 1.29 is 9.47 Å². The van der Waals surface area contributed by atoms with E-state index in [0.29, 0.717) is 0 Å². The molecule has 0 atom stereocenters. The molecule has 0 aromatic heterocycles. The average Bonchev–Trinajstić information content (AvgIpc) is 3.23. The van der Waals surface area contributed by atoms with Crippen LogP contribution in [0.3, 0.4) is 0 Å². The second-order valence-corrected chi connectivity index (χ2v) is 14.1. The summed E-state index contributed by atoms with van der Waals surface area (Å²) in [4.78, 5) is 2.26. The van der Waals surface area contributed by atoms with Crippen LogP contribution in [0.25, 0.3) is 43.8 Å². The van der Waals surface area contributed by atoms with Crippen LogP contribution in [0.4, 0.5) is 17.1 Å². The highest BCUT2D eigenvalue weighted by molar-refractivity contribution is 6.98. The normalized spacial score (nSPS) is 12.3. The lowest BCUT2D eigenvalue weighted by Crippen LogP contribution is -2.57. The van der Waals surface area contributed by atoms with Gasteiger partial charge >= 0.3 is 0 Å². The molecule has 2 aliphatic heterocycles. The lowest BCUT2D eigenvalue weighted by atomic mass is 9.34. The molecule has 252 valence electrons. The Hall–Kier alpha value is -7.04. The summed E-state index contributed by atoms with van der Waals surface area (Å²) in [5.74, 6) is 3.32. The SMILES string of the molecule is c1ccc(N(c2ccccc2)c2cc3c4c(c2)Oc2cc(-c5ccc6ccccc6c5)ccc2B4c2ccc(-c4ccc5ccccc5c4)cc2O3)cc1. The molecule has 0 saturated carbocycles. The molecule has 0 radical (unpaired) electrons. The maximum atomic E-state index is 6.98. The van der Waals surface area contributed by atoms with Crippen molar-refractivity contribution >= 4 is 61.7 Å². The van der Waals surface area contributed by atoms with E-state index in [1.54, 1.807) is 0 Å². The molecule has 0 saturated heterocycles. The van der Waals surface area contributed by atoms with E-state index < -0.39 is 0 Å². The van der Waals surface area contributed by atoms with Gasteiger partial charge in [0.05, 0.1) is 5.69 Å². The Bertz CT molecular complexity index is 2710.